The van der Waals surface area contributed by atoms with Crippen LogP contribution in [0.15, 0.2) is 67.0 Å². The van der Waals surface area contributed by atoms with Crippen LogP contribution in [0.3, 0.4) is 0 Å². The summed E-state index contributed by atoms with van der Waals surface area (Å²) >= 11 is 0. The molecule has 0 unspecified atom stereocenters. The molecule has 0 bridgehead atoms. The van der Waals surface area contributed by atoms with E-state index < -0.39 is 0 Å². The van der Waals surface area contributed by atoms with Crippen molar-refractivity contribution in [3.63, 3.8) is 0 Å². The molecule has 138 valence electrons. The number of pyridine rings is 1. The van der Waals surface area contributed by atoms with Crippen LogP contribution in [0.1, 0.15) is 16.7 Å². The Kier molecular flexibility index (Phi) is 4.69. The molecule has 4 rings (SSSR count). The molecule has 0 aliphatic carbocycles. The van der Waals surface area contributed by atoms with Gasteiger partial charge in [0.05, 0.1) is 24.4 Å². The molecule has 28 heavy (non-hydrogen) atoms. The monoisotopic (exact) mass is 369 g/mol. The Labute approximate surface area is 163 Å². The van der Waals surface area contributed by atoms with Crippen LogP contribution >= 0.6 is 0 Å². The molecule has 2 aromatic heterocycles. The molecular formula is C23H19N3O2. The fourth-order valence-electron chi connectivity index (χ4n) is 3.08. The van der Waals surface area contributed by atoms with Gasteiger partial charge in [-0.1, -0.05) is 18.2 Å². The molecule has 5 nitrogen and oxygen atoms in total. The predicted octanol–water partition coefficient (Wildman–Crippen LogP) is 4.77. The Morgan fingerprint density at radius 2 is 1.89 bits per heavy atom. The molecule has 0 amide bonds. The van der Waals surface area contributed by atoms with Crippen LogP contribution in [0.5, 0.6) is 11.5 Å². The summed E-state index contributed by atoms with van der Waals surface area (Å²) in [5, 5.41) is 8.88. The SMILES string of the molecule is COc1cc(-c2cn3cccc(C)c3n2)ccc1OCc1ccc(C#N)cc1. The number of fused-ring (bicyclic) bond motifs is 1. The van der Waals surface area contributed by atoms with Gasteiger partial charge in [0.15, 0.2) is 11.5 Å². The maximum absolute atomic E-state index is 8.88. The van der Waals surface area contributed by atoms with Crippen molar-refractivity contribution >= 4 is 5.65 Å². The van der Waals surface area contributed by atoms with Gasteiger partial charge < -0.3 is 13.9 Å². The Morgan fingerprint density at radius 3 is 2.61 bits per heavy atom. The molecule has 0 radical (unpaired) electrons. The first-order chi connectivity index (χ1) is 13.7. The molecule has 5 heteroatoms. The van der Waals surface area contributed by atoms with Crippen LogP contribution in [-0.2, 0) is 6.61 Å². The Morgan fingerprint density at radius 1 is 1.07 bits per heavy atom. The summed E-state index contributed by atoms with van der Waals surface area (Å²) in [7, 11) is 1.63. The van der Waals surface area contributed by atoms with Crippen molar-refractivity contribution in [3.8, 4) is 28.8 Å². The second-order valence-electron chi connectivity index (χ2n) is 6.51. The third kappa shape index (κ3) is 3.40. The second-order valence-corrected chi connectivity index (χ2v) is 6.51. The van der Waals surface area contributed by atoms with E-state index in [9.17, 15) is 0 Å². The minimum absolute atomic E-state index is 0.398. The number of hydrogen-bond acceptors (Lipinski definition) is 4. The summed E-state index contributed by atoms with van der Waals surface area (Å²) in [6, 6.07) is 19.3. The second kappa shape index (κ2) is 7.45. The van der Waals surface area contributed by atoms with Crippen LogP contribution in [0.2, 0.25) is 0 Å². The van der Waals surface area contributed by atoms with Gasteiger partial charge in [-0.15, -0.1) is 0 Å². The van der Waals surface area contributed by atoms with Gasteiger partial charge in [0.2, 0.25) is 0 Å². The Balaban J connectivity index is 1.58. The quantitative estimate of drug-likeness (QED) is 0.508. The van der Waals surface area contributed by atoms with E-state index in [0.29, 0.717) is 23.7 Å². The zero-order valence-electron chi connectivity index (χ0n) is 15.7. The number of benzene rings is 2. The number of nitriles is 1. The van der Waals surface area contributed by atoms with E-state index >= 15 is 0 Å². The zero-order chi connectivity index (χ0) is 19.5. The van der Waals surface area contributed by atoms with E-state index in [1.165, 1.54) is 0 Å². The van der Waals surface area contributed by atoms with Crippen molar-refractivity contribution in [2.45, 2.75) is 13.5 Å². The fourth-order valence-corrected chi connectivity index (χ4v) is 3.08. The number of hydrogen-bond donors (Lipinski definition) is 0. The lowest BCUT2D eigenvalue weighted by Gasteiger charge is -2.12. The van der Waals surface area contributed by atoms with Crippen molar-refractivity contribution in [2.24, 2.45) is 0 Å². The Bertz CT molecular complexity index is 1170. The highest BCUT2D eigenvalue weighted by molar-refractivity contribution is 5.67. The molecular weight excluding hydrogens is 350 g/mol. The van der Waals surface area contributed by atoms with Crippen molar-refractivity contribution in [3.05, 3.63) is 83.7 Å². The van der Waals surface area contributed by atoms with Gasteiger partial charge in [-0.25, -0.2) is 4.98 Å². The summed E-state index contributed by atoms with van der Waals surface area (Å²) in [4.78, 5) is 4.74. The number of aromatic nitrogens is 2. The fraction of sp³-hybridized carbons (Fsp3) is 0.130. The normalized spacial score (nSPS) is 10.6. The number of methoxy groups -OCH3 is 1. The highest BCUT2D eigenvalue weighted by Gasteiger charge is 2.11. The van der Waals surface area contributed by atoms with Crippen LogP contribution < -0.4 is 9.47 Å². The molecule has 0 spiro atoms. The van der Waals surface area contributed by atoms with Crippen molar-refractivity contribution in [2.75, 3.05) is 7.11 Å². The van der Waals surface area contributed by atoms with Gasteiger partial charge in [-0.3, -0.25) is 0 Å². The lowest BCUT2D eigenvalue weighted by Crippen LogP contribution is -1.98. The van der Waals surface area contributed by atoms with Crippen LogP contribution in [0.4, 0.5) is 0 Å². The highest BCUT2D eigenvalue weighted by Crippen LogP contribution is 2.33. The lowest BCUT2D eigenvalue weighted by molar-refractivity contribution is 0.284. The maximum Gasteiger partial charge on any atom is 0.161 e. The van der Waals surface area contributed by atoms with Crippen molar-refractivity contribution in [1.29, 1.82) is 5.26 Å². The maximum atomic E-state index is 8.88. The molecule has 0 aliphatic rings. The average Bonchev–Trinajstić information content (AvgIpc) is 3.18. The molecule has 0 saturated carbocycles. The Hall–Kier alpha value is -3.78. The van der Waals surface area contributed by atoms with Gasteiger partial charge >= 0.3 is 0 Å². The van der Waals surface area contributed by atoms with Crippen molar-refractivity contribution in [1.82, 2.24) is 9.38 Å². The van der Waals surface area contributed by atoms with Gasteiger partial charge in [0.1, 0.15) is 12.3 Å². The molecule has 0 saturated heterocycles. The van der Waals surface area contributed by atoms with E-state index in [-0.39, 0.29) is 0 Å². The van der Waals surface area contributed by atoms with Crippen LogP contribution in [-0.4, -0.2) is 16.5 Å². The molecule has 0 fully saturated rings. The van der Waals surface area contributed by atoms with Crippen LogP contribution in [0, 0.1) is 18.3 Å². The number of rotatable bonds is 5. The van der Waals surface area contributed by atoms with E-state index in [0.717, 1.165) is 28.0 Å². The molecule has 0 N–H and O–H groups in total. The first kappa shape index (κ1) is 17.6. The van der Waals surface area contributed by atoms with E-state index in [4.69, 9.17) is 19.7 Å². The molecule has 0 atom stereocenters. The smallest absolute Gasteiger partial charge is 0.161 e. The topological polar surface area (TPSA) is 59.6 Å². The summed E-state index contributed by atoms with van der Waals surface area (Å²) in [6.45, 7) is 2.45. The molecule has 2 heterocycles. The minimum atomic E-state index is 0.398. The van der Waals surface area contributed by atoms with Gasteiger partial charge in [0.25, 0.3) is 0 Å². The summed E-state index contributed by atoms with van der Waals surface area (Å²) in [5.74, 6) is 1.32. The van der Waals surface area contributed by atoms with Crippen molar-refractivity contribution < 1.29 is 9.47 Å². The van der Waals surface area contributed by atoms with Gasteiger partial charge in [0, 0.05) is 18.0 Å². The highest BCUT2D eigenvalue weighted by atomic mass is 16.5. The summed E-state index contributed by atoms with van der Waals surface area (Å²) in [5.41, 5.74) is 5.53. The first-order valence-corrected chi connectivity index (χ1v) is 8.92. The first-order valence-electron chi connectivity index (χ1n) is 8.92. The lowest BCUT2D eigenvalue weighted by atomic mass is 10.1. The van der Waals surface area contributed by atoms with E-state index in [2.05, 4.69) is 6.07 Å². The van der Waals surface area contributed by atoms with E-state index in [1.807, 2.05) is 66.2 Å². The third-order valence-corrected chi connectivity index (χ3v) is 4.61. The van der Waals surface area contributed by atoms with E-state index in [1.54, 1.807) is 19.2 Å². The molecule has 2 aromatic carbocycles. The number of imidazole rings is 1. The van der Waals surface area contributed by atoms with Crippen LogP contribution in [0.25, 0.3) is 16.9 Å². The third-order valence-electron chi connectivity index (χ3n) is 4.61. The standard InChI is InChI=1S/C23H19N3O2/c1-16-4-3-11-26-14-20(25-23(16)26)19-9-10-21(22(12-19)27-2)28-15-18-7-5-17(13-24)6-8-18/h3-12,14H,15H2,1-2H3. The number of ether oxygens (including phenoxy) is 2. The molecule has 0 aliphatic heterocycles. The number of nitrogens with zero attached hydrogens (tertiary/aromatic N) is 3. The largest absolute Gasteiger partial charge is 0.493 e. The predicted molar refractivity (Wildman–Crippen MR) is 107 cm³/mol. The minimum Gasteiger partial charge on any atom is -0.493 e. The molecule has 4 aromatic rings. The number of aryl methyl sites for hydroxylation is 1. The summed E-state index contributed by atoms with van der Waals surface area (Å²) < 4.78 is 13.5. The summed E-state index contributed by atoms with van der Waals surface area (Å²) in [6.07, 6.45) is 4.00. The van der Waals surface area contributed by atoms with Gasteiger partial charge in [-0.05, 0) is 54.4 Å². The van der Waals surface area contributed by atoms with Gasteiger partial charge in [-0.2, -0.15) is 5.26 Å². The average molecular weight is 369 g/mol. The zero-order valence-corrected chi connectivity index (χ0v) is 15.7.